The largest absolute Gasteiger partial charge is 0.324 e. The Morgan fingerprint density at radius 3 is 2.45 bits per heavy atom. The van der Waals surface area contributed by atoms with E-state index in [1.54, 1.807) is 0 Å². The summed E-state index contributed by atoms with van der Waals surface area (Å²) in [6.07, 6.45) is 7.54. The minimum Gasteiger partial charge on any atom is -0.324 e. The molecule has 1 fully saturated rings. The van der Waals surface area contributed by atoms with E-state index in [0.717, 1.165) is 12.8 Å². The molecule has 1 aliphatic rings. The van der Waals surface area contributed by atoms with Crippen LogP contribution < -0.4 is 5.73 Å². The zero-order valence-corrected chi connectivity index (χ0v) is 13.7. The lowest BCUT2D eigenvalue weighted by atomic mass is 9.65. The first-order chi connectivity index (χ1) is 9.49. The van der Waals surface area contributed by atoms with Crippen LogP contribution in [0.3, 0.4) is 0 Å². The normalized spacial score (nSPS) is 23.6. The predicted octanol–water partition coefficient (Wildman–Crippen LogP) is 5.03. The molecular formula is C19H31N. The molecule has 0 amide bonds. The Bertz CT molecular complexity index is 447. The van der Waals surface area contributed by atoms with Crippen LogP contribution in [0.4, 0.5) is 0 Å². The topological polar surface area (TPSA) is 26.0 Å². The molecule has 20 heavy (non-hydrogen) atoms. The van der Waals surface area contributed by atoms with Crippen LogP contribution in [0.1, 0.15) is 76.1 Å². The van der Waals surface area contributed by atoms with Crippen LogP contribution in [0.2, 0.25) is 0 Å². The fraction of sp³-hybridized carbons (Fsp3) is 0.684. The van der Waals surface area contributed by atoms with Gasteiger partial charge in [0.2, 0.25) is 0 Å². The minimum atomic E-state index is 0.196. The van der Waals surface area contributed by atoms with Crippen LogP contribution in [-0.2, 0) is 12.8 Å². The molecule has 0 heterocycles. The van der Waals surface area contributed by atoms with Gasteiger partial charge in [-0.15, -0.1) is 0 Å². The zero-order valence-electron chi connectivity index (χ0n) is 13.7. The maximum absolute atomic E-state index is 6.66. The smallest absolute Gasteiger partial charge is 0.0328 e. The van der Waals surface area contributed by atoms with Crippen molar-refractivity contribution in [1.82, 2.24) is 0 Å². The summed E-state index contributed by atoms with van der Waals surface area (Å²) in [6.45, 7) is 9.28. The molecule has 1 saturated carbocycles. The number of rotatable bonds is 4. The molecule has 0 spiro atoms. The SMILES string of the molecule is CCc1ccc(C(N)C2CCCCC2(C)C)cc1CC. The molecule has 0 saturated heterocycles. The second kappa shape index (κ2) is 6.30. The minimum absolute atomic E-state index is 0.196. The molecule has 112 valence electrons. The van der Waals surface area contributed by atoms with Gasteiger partial charge in [-0.2, -0.15) is 0 Å². The Kier molecular flexibility index (Phi) is 4.90. The maximum atomic E-state index is 6.66. The lowest BCUT2D eigenvalue weighted by Crippen LogP contribution is -2.36. The molecule has 1 aromatic carbocycles. The number of hydrogen-bond donors (Lipinski definition) is 1. The van der Waals surface area contributed by atoms with Gasteiger partial charge >= 0.3 is 0 Å². The third-order valence-electron chi connectivity index (χ3n) is 5.40. The molecule has 0 aliphatic heterocycles. The van der Waals surface area contributed by atoms with Crippen LogP contribution in [0.5, 0.6) is 0 Å². The lowest BCUT2D eigenvalue weighted by Gasteiger charge is -2.42. The highest BCUT2D eigenvalue weighted by molar-refractivity contribution is 5.34. The van der Waals surface area contributed by atoms with Crippen molar-refractivity contribution in [2.45, 2.75) is 72.3 Å². The van der Waals surface area contributed by atoms with E-state index in [1.807, 2.05) is 0 Å². The molecule has 1 aliphatic carbocycles. The monoisotopic (exact) mass is 273 g/mol. The highest BCUT2D eigenvalue weighted by Crippen LogP contribution is 2.46. The summed E-state index contributed by atoms with van der Waals surface area (Å²) in [5, 5.41) is 0. The van der Waals surface area contributed by atoms with Gasteiger partial charge in [0.25, 0.3) is 0 Å². The van der Waals surface area contributed by atoms with Crippen LogP contribution in [0.25, 0.3) is 0 Å². The van der Waals surface area contributed by atoms with Gasteiger partial charge in [-0.3, -0.25) is 0 Å². The molecule has 2 atom stereocenters. The fourth-order valence-corrected chi connectivity index (χ4v) is 3.95. The Balaban J connectivity index is 2.26. The molecule has 1 nitrogen and oxygen atoms in total. The van der Waals surface area contributed by atoms with Gasteiger partial charge in [0.1, 0.15) is 0 Å². The zero-order chi connectivity index (χ0) is 14.8. The van der Waals surface area contributed by atoms with Crippen molar-refractivity contribution in [3.63, 3.8) is 0 Å². The van der Waals surface area contributed by atoms with Gasteiger partial charge in [-0.05, 0) is 53.7 Å². The van der Waals surface area contributed by atoms with Crippen LogP contribution in [0.15, 0.2) is 18.2 Å². The van der Waals surface area contributed by atoms with Crippen molar-refractivity contribution in [2.24, 2.45) is 17.1 Å². The van der Waals surface area contributed by atoms with Crippen LogP contribution >= 0.6 is 0 Å². The van der Waals surface area contributed by atoms with Crippen molar-refractivity contribution >= 4 is 0 Å². The van der Waals surface area contributed by atoms with E-state index in [1.165, 1.54) is 42.4 Å². The molecule has 2 rings (SSSR count). The predicted molar refractivity (Wildman–Crippen MR) is 87.9 cm³/mol. The maximum Gasteiger partial charge on any atom is 0.0328 e. The number of benzene rings is 1. The molecule has 2 unspecified atom stereocenters. The Labute approximate surface area is 125 Å². The van der Waals surface area contributed by atoms with E-state index in [-0.39, 0.29) is 6.04 Å². The van der Waals surface area contributed by atoms with Gasteiger partial charge in [0, 0.05) is 6.04 Å². The summed E-state index contributed by atoms with van der Waals surface area (Å²) in [4.78, 5) is 0. The van der Waals surface area contributed by atoms with Crippen LogP contribution in [0, 0.1) is 11.3 Å². The first-order valence-corrected chi connectivity index (χ1v) is 8.37. The van der Waals surface area contributed by atoms with Crippen molar-refractivity contribution in [3.8, 4) is 0 Å². The summed E-state index contributed by atoms with van der Waals surface area (Å²) in [5.41, 5.74) is 11.3. The van der Waals surface area contributed by atoms with E-state index < -0.39 is 0 Å². The van der Waals surface area contributed by atoms with Crippen molar-refractivity contribution in [3.05, 3.63) is 34.9 Å². The molecule has 1 aromatic rings. The fourth-order valence-electron chi connectivity index (χ4n) is 3.95. The Morgan fingerprint density at radius 2 is 1.85 bits per heavy atom. The number of aryl methyl sites for hydroxylation is 2. The molecule has 0 bridgehead atoms. The Hall–Kier alpha value is -0.820. The van der Waals surface area contributed by atoms with Crippen LogP contribution in [-0.4, -0.2) is 0 Å². The third kappa shape index (κ3) is 3.09. The first kappa shape index (κ1) is 15.6. The quantitative estimate of drug-likeness (QED) is 0.818. The molecule has 2 N–H and O–H groups in total. The van der Waals surface area contributed by atoms with Gasteiger partial charge in [-0.1, -0.05) is 58.7 Å². The third-order valence-corrected chi connectivity index (χ3v) is 5.40. The molecule has 0 radical (unpaired) electrons. The molecular weight excluding hydrogens is 242 g/mol. The average molecular weight is 273 g/mol. The summed E-state index contributed by atoms with van der Waals surface area (Å²) in [6, 6.07) is 7.13. The standard InChI is InChI=1S/C19H31N/c1-5-14-10-11-16(13-15(14)6-2)18(20)17-9-7-8-12-19(17,3)4/h10-11,13,17-18H,5-9,12,20H2,1-4H3. The summed E-state index contributed by atoms with van der Waals surface area (Å²) in [5.74, 6) is 0.619. The van der Waals surface area contributed by atoms with E-state index in [2.05, 4.69) is 45.9 Å². The molecule has 0 aromatic heterocycles. The van der Waals surface area contributed by atoms with Crippen molar-refractivity contribution in [1.29, 1.82) is 0 Å². The number of hydrogen-bond acceptors (Lipinski definition) is 1. The van der Waals surface area contributed by atoms with Crippen molar-refractivity contribution in [2.75, 3.05) is 0 Å². The average Bonchev–Trinajstić information content (AvgIpc) is 2.45. The van der Waals surface area contributed by atoms with Gasteiger partial charge in [0.15, 0.2) is 0 Å². The lowest BCUT2D eigenvalue weighted by molar-refractivity contribution is 0.112. The number of nitrogens with two attached hydrogens (primary N) is 1. The Morgan fingerprint density at radius 1 is 1.15 bits per heavy atom. The highest BCUT2D eigenvalue weighted by atomic mass is 14.7. The second-order valence-electron chi connectivity index (χ2n) is 7.10. The second-order valence-corrected chi connectivity index (χ2v) is 7.10. The van der Waals surface area contributed by atoms with Crippen molar-refractivity contribution < 1.29 is 0 Å². The first-order valence-electron chi connectivity index (χ1n) is 8.37. The van der Waals surface area contributed by atoms with E-state index in [9.17, 15) is 0 Å². The summed E-state index contributed by atoms with van der Waals surface area (Å²) < 4.78 is 0. The molecule has 1 heteroatoms. The summed E-state index contributed by atoms with van der Waals surface area (Å²) >= 11 is 0. The van der Waals surface area contributed by atoms with Gasteiger partial charge < -0.3 is 5.73 Å². The summed E-state index contributed by atoms with van der Waals surface area (Å²) in [7, 11) is 0. The van der Waals surface area contributed by atoms with E-state index in [4.69, 9.17) is 5.73 Å². The van der Waals surface area contributed by atoms with Gasteiger partial charge in [-0.25, -0.2) is 0 Å². The van der Waals surface area contributed by atoms with Gasteiger partial charge in [0.05, 0.1) is 0 Å². The van der Waals surface area contributed by atoms with E-state index in [0.29, 0.717) is 11.3 Å². The highest BCUT2D eigenvalue weighted by Gasteiger charge is 2.36. The van der Waals surface area contributed by atoms with E-state index >= 15 is 0 Å².